The summed E-state index contributed by atoms with van der Waals surface area (Å²) in [5, 5.41) is -0.000280. The van der Waals surface area contributed by atoms with Gasteiger partial charge in [-0.2, -0.15) is 0 Å². The topological polar surface area (TPSA) is 40.1 Å². The maximum Gasteiger partial charge on any atom is 0.230 e. The Labute approximate surface area is 92.9 Å². The summed E-state index contributed by atoms with van der Waals surface area (Å²) in [6.45, 7) is 0. The molecule has 74 valence electrons. The zero-order valence-electron chi connectivity index (χ0n) is 7.11. The molecule has 2 nitrogen and oxygen atoms in total. The first-order valence-electron chi connectivity index (χ1n) is 3.83. The van der Waals surface area contributed by atoms with Crippen LogP contribution in [0.1, 0.15) is 6.42 Å². The smallest absolute Gasteiger partial charge is 0.230 e. The largest absolute Gasteiger partial charge is 0.625 e. The minimum Gasteiger partial charge on any atom is -0.625 e. The summed E-state index contributed by atoms with van der Waals surface area (Å²) in [7, 11) is -1.84. The van der Waals surface area contributed by atoms with Crippen molar-refractivity contribution >= 4 is 46.3 Å². The summed E-state index contributed by atoms with van der Waals surface area (Å²) in [6, 6.07) is 8.72. The van der Waals surface area contributed by atoms with Gasteiger partial charge in [-0.1, -0.05) is 18.2 Å². The van der Waals surface area contributed by atoms with Crippen molar-refractivity contribution in [2.24, 2.45) is 0 Å². The predicted molar refractivity (Wildman–Crippen MR) is 59.3 cm³/mol. The summed E-state index contributed by atoms with van der Waals surface area (Å²) >= 11 is 10.8. The molecule has 0 saturated carbocycles. The summed E-state index contributed by atoms with van der Waals surface area (Å²) < 4.78 is 0.0891. The lowest BCUT2D eigenvalue weighted by Gasteiger charge is -1.99. The number of hydrogen-bond donors (Lipinski definition) is 0. The number of carbonyl (C=O) groups excluding carboxylic acids is 1. The highest BCUT2D eigenvalue weighted by atomic mass is 35.5. The van der Waals surface area contributed by atoms with Crippen LogP contribution < -0.4 is 10.2 Å². The van der Waals surface area contributed by atoms with Gasteiger partial charge < -0.3 is 4.89 Å². The molecule has 14 heavy (non-hydrogen) atoms. The Balaban J connectivity index is 2.93. The molecule has 0 heterocycles. The van der Waals surface area contributed by atoms with Crippen LogP contribution in [0.25, 0.3) is 0 Å². The number of hydrogen-bond acceptors (Lipinski definition) is 2. The van der Waals surface area contributed by atoms with Crippen molar-refractivity contribution in [3.8, 4) is 0 Å². The Morgan fingerprint density at radius 2 is 1.86 bits per heavy atom. The van der Waals surface area contributed by atoms with Crippen LogP contribution in [0.4, 0.5) is 0 Å². The van der Waals surface area contributed by atoms with E-state index in [0.717, 1.165) is 0 Å². The monoisotopic (exact) mass is 248 g/mol. The van der Waals surface area contributed by atoms with E-state index in [9.17, 15) is 9.69 Å². The lowest BCUT2D eigenvalue weighted by Crippen LogP contribution is -2.10. The Bertz CT molecular complexity index is 362. The summed E-state index contributed by atoms with van der Waals surface area (Å²) in [6.07, 6.45) is -0.160. The first-order chi connectivity index (χ1) is 6.61. The zero-order valence-corrected chi connectivity index (χ0v) is 9.52. The molecule has 1 rings (SSSR count). The molecule has 1 unspecified atom stereocenters. The second-order valence-electron chi connectivity index (χ2n) is 2.54. The van der Waals surface area contributed by atoms with Gasteiger partial charge in [0.1, 0.15) is 13.1 Å². The predicted octanol–water partition coefficient (Wildman–Crippen LogP) is 1.59. The molecule has 1 aromatic carbocycles. The van der Waals surface area contributed by atoms with Gasteiger partial charge >= 0.3 is 0 Å². The average molecular weight is 249 g/mol. The molecular formula is C9H7Cl2O2P. The molecule has 1 atom stereocenters. The molecule has 0 aliphatic carbocycles. The lowest BCUT2D eigenvalue weighted by atomic mass is 10.4. The van der Waals surface area contributed by atoms with Crippen molar-refractivity contribution in [3.63, 3.8) is 0 Å². The van der Waals surface area contributed by atoms with E-state index in [0.29, 0.717) is 5.30 Å². The molecule has 0 amide bonds. The third-order valence-electron chi connectivity index (χ3n) is 1.50. The van der Waals surface area contributed by atoms with Crippen molar-refractivity contribution in [3.05, 3.63) is 30.3 Å². The molecule has 1 aromatic rings. The van der Waals surface area contributed by atoms with Crippen molar-refractivity contribution < 1.29 is 9.69 Å². The van der Waals surface area contributed by atoms with Gasteiger partial charge in [0.15, 0.2) is 4.75 Å². The lowest BCUT2D eigenvalue weighted by molar-refractivity contribution is -0.149. The normalized spacial score (nSPS) is 12.2. The first kappa shape index (κ1) is 11.7. The fraction of sp³-hybridized carbons (Fsp3) is 0.111. The van der Waals surface area contributed by atoms with Gasteiger partial charge in [0.2, 0.25) is 5.24 Å². The van der Waals surface area contributed by atoms with Gasteiger partial charge in [-0.3, -0.25) is 4.79 Å². The average Bonchev–Trinajstić information content (AvgIpc) is 2.17. The van der Waals surface area contributed by atoms with Crippen molar-refractivity contribution in [1.29, 1.82) is 0 Å². The van der Waals surface area contributed by atoms with E-state index in [1.54, 1.807) is 24.3 Å². The number of carbonyl (C=O) groups is 1. The van der Waals surface area contributed by atoms with E-state index in [1.807, 2.05) is 6.07 Å². The van der Waals surface area contributed by atoms with Crippen LogP contribution in [-0.2, 0) is 4.79 Å². The quantitative estimate of drug-likeness (QED) is 0.602. The number of halogens is 2. The first-order valence-corrected chi connectivity index (χ1v) is 5.85. The van der Waals surface area contributed by atoms with Crippen molar-refractivity contribution in [2.75, 3.05) is 0 Å². The highest BCUT2D eigenvalue weighted by Crippen LogP contribution is 2.18. The SMILES string of the molecule is O=C(Cl)CC(Cl)=[P+]([O-])c1ccccc1. The Morgan fingerprint density at radius 3 is 2.36 bits per heavy atom. The molecule has 5 heteroatoms. The second kappa shape index (κ2) is 5.47. The van der Waals surface area contributed by atoms with Gasteiger partial charge in [0.05, 0.1) is 6.42 Å². The Hall–Kier alpha value is -0.400. The Kier molecular flexibility index (Phi) is 4.56. The van der Waals surface area contributed by atoms with Gasteiger partial charge in [-0.25, -0.2) is 0 Å². The van der Waals surface area contributed by atoms with Crippen molar-refractivity contribution in [1.82, 2.24) is 0 Å². The molecule has 0 aliphatic heterocycles. The maximum atomic E-state index is 11.6. The molecule has 0 spiro atoms. The van der Waals surface area contributed by atoms with E-state index >= 15 is 0 Å². The van der Waals surface area contributed by atoms with E-state index in [2.05, 4.69) is 0 Å². The highest BCUT2D eigenvalue weighted by molar-refractivity contribution is 7.63. The third kappa shape index (κ3) is 3.39. The van der Waals surface area contributed by atoms with Crippen LogP contribution >= 0.6 is 31.0 Å². The van der Waals surface area contributed by atoms with E-state index in [4.69, 9.17) is 23.2 Å². The van der Waals surface area contributed by atoms with Crippen LogP contribution in [0.3, 0.4) is 0 Å². The van der Waals surface area contributed by atoms with Gasteiger partial charge in [-0.15, -0.1) is 0 Å². The second-order valence-corrected chi connectivity index (χ2v) is 5.32. The fourth-order valence-corrected chi connectivity index (χ4v) is 2.61. The molecule has 0 saturated heterocycles. The van der Waals surface area contributed by atoms with Crippen LogP contribution in [0.2, 0.25) is 0 Å². The Morgan fingerprint density at radius 1 is 1.29 bits per heavy atom. The van der Waals surface area contributed by atoms with Gasteiger partial charge in [-0.05, 0) is 35.3 Å². The zero-order chi connectivity index (χ0) is 10.6. The van der Waals surface area contributed by atoms with E-state index < -0.39 is 13.0 Å². The molecule has 0 N–H and O–H groups in total. The number of benzene rings is 1. The van der Waals surface area contributed by atoms with Crippen LogP contribution in [0.5, 0.6) is 0 Å². The summed E-state index contributed by atoms with van der Waals surface area (Å²) in [4.78, 5) is 22.2. The van der Waals surface area contributed by atoms with Gasteiger partial charge in [0.25, 0.3) is 0 Å². The summed E-state index contributed by atoms with van der Waals surface area (Å²) in [5.74, 6) is 0. The molecule has 0 aliphatic rings. The highest BCUT2D eigenvalue weighted by Gasteiger charge is 2.12. The molecule has 0 radical (unpaired) electrons. The van der Waals surface area contributed by atoms with Crippen LogP contribution in [0, 0.1) is 0 Å². The minimum absolute atomic E-state index is 0.0891. The van der Waals surface area contributed by atoms with Crippen molar-refractivity contribution in [2.45, 2.75) is 6.42 Å². The fourth-order valence-electron chi connectivity index (χ4n) is 0.890. The molecule has 0 bridgehead atoms. The molecule has 0 fully saturated rings. The van der Waals surface area contributed by atoms with Gasteiger partial charge in [0, 0.05) is 0 Å². The van der Waals surface area contributed by atoms with E-state index in [1.165, 1.54) is 0 Å². The van der Waals surface area contributed by atoms with E-state index in [-0.39, 0.29) is 11.2 Å². The minimum atomic E-state index is -1.84. The van der Waals surface area contributed by atoms with Crippen LogP contribution in [-0.4, -0.2) is 10.00 Å². The maximum absolute atomic E-state index is 11.6. The summed E-state index contributed by atoms with van der Waals surface area (Å²) in [5.41, 5.74) is 0. The standard InChI is InChI=1S/C9H7Cl2O2P/c10-8(12)6-9(11)14(13)7-4-2-1-3-5-7/h1-5H,6H2. The third-order valence-corrected chi connectivity index (χ3v) is 3.59. The molecule has 0 aromatic heterocycles. The van der Waals surface area contributed by atoms with Crippen LogP contribution in [0.15, 0.2) is 30.3 Å². The number of rotatable bonds is 3. The molecular weight excluding hydrogens is 242 g/mol.